The summed E-state index contributed by atoms with van der Waals surface area (Å²) in [6.45, 7) is 2.07. The largest absolute Gasteiger partial charge is 0.412 e. The summed E-state index contributed by atoms with van der Waals surface area (Å²) in [5.41, 5.74) is 0.650. The van der Waals surface area contributed by atoms with Crippen molar-refractivity contribution in [1.82, 2.24) is 15.5 Å². The van der Waals surface area contributed by atoms with Crippen molar-refractivity contribution in [3.05, 3.63) is 41.8 Å². The van der Waals surface area contributed by atoms with E-state index in [1.54, 1.807) is 31.2 Å². The third-order valence-corrected chi connectivity index (χ3v) is 4.31. The summed E-state index contributed by atoms with van der Waals surface area (Å²) in [7, 11) is -3.67. The summed E-state index contributed by atoms with van der Waals surface area (Å²) in [6.07, 6.45) is 0.681. The first-order valence-electron chi connectivity index (χ1n) is 6.87. The van der Waals surface area contributed by atoms with Crippen LogP contribution in [0.4, 0.5) is 0 Å². The van der Waals surface area contributed by atoms with Crippen molar-refractivity contribution in [2.75, 3.05) is 6.54 Å². The number of carbonyl (C=O) groups excluding carboxylic acids is 1. The van der Waals surface area contributed by atoms with E-state index in [1.807, 2.05) is 6.07 Å². The van der Waals surface area contributed by atoms with Gasteiger partial charge in [0.25, 0.3) is 0 Å². The molecule has 0 spiro atoms. The standard InChI is InChI=1S/C14H17N3O4S/c1-2-12(18)15-9-8-13-16-17-14(21-13)22(19,20)10-11-6-4-3-5-7-11/h3-7H,2,8-10H2,1H3,(H,15,18). The van der Waals surface area contributed by atoms with E-state index in [1.165, 1.54) is 0 Å². The van der Waals surface area contributed by atoms with Crippen LogP contribution in [0.25, 0.3) is 0 Å². The van der Waals surface area contributed by atoms with Gasteiger partial charge in [-0.05, 0) is 5.56 Å². The van der Waals surface area contributed by atoms with Crippen LogP contribution < -0.4 is 5.32 Å². The summed E-state index contributed by atoms with van der Waals surface area (Å²) < 4.78 is 29.5. The molecule has 8 heteroatoms. The van der Waals surface area contributed by atoms with Gasteiger partial charge in [-0.15, -0.1) is 5.10 Å². The molecule has 0 radical (unpaired) electrons. The quantitative estimate of drug-likeness (QED) is 0.819. The van der Waals surface area contributed by atoms with Crippen LogP contribution >= 0.6 is 0 Å². The molecule has 0 aliphatic carbocycles. The van der Waals surface area contributed by atoms with Gasteiger partial charge in [-0.25, -0.2) is 8.42 Å². The Kier molecular flexibility index (Phi) is 5.26. The Hall–Kier alpha value is -2.22. The zero-order valence-corrected chi connectivity index (χ0v) is 13.0. The first-order valence-corrected chi connectivity index (χ1v) is 8.52. The fourth-order valence-electron chi connectivity index (χ4n) is 1.75. The highest BCUT2D eigenvalue weighted by molar-refractivity contribution is 7.90. The molecular weight excluding hydrogens is 306 g/mol. The molecular formula is C14H17N3O4S. The smallest absolute Gasteiger partial charge is 0.335 e. The minimum atomic E-state index is -3.67. The highest BCUT2D eigenvalue weighted by Crippen LogP contribution is 2.15. The maximum atomic E-state index is 12.2. The van der Waals surface area contributed by atoms with Crippen molar-refractivity contribution >= 4 is 15.7 Å². The third kappa shape index (κ3) is 4.39. The van der Waals surface area contributed by atoms with Gasteiger partial charge < -0.3 is 9.73 Å². The van der Waals surface area contributed by atoms with Crippen LogP contribution in [-0.2, 0) is 26.8 Å². The highest BCUT2D eigenvalue weighted by atomic mass is 32.2. The lowest BCUT2D eigenvalue weighted by molar-refractivity contribution is -0.120. The topological polar surface area (TPSA) is 102 Å². The molecule has 0 bridgehead atoms. The number of benzene rings is 1. The molecule has 1 amide bonds. The molecule has 2 rings (SSSR count). The van der Waals surface area contributed by atoms with E-state index < -0.39 is 15.1 Å². The lowest BCUT2D eigenvalue weighted by atomic mass is 10.2. The first kappa shape index (κ1) is 16.2. The Labute approximate surface area is 128 Å². The van der Waals surface area contributed by atoms with E-state index in [-0.39, 0.29) is 17.6 Å². The second kappa shape index (κ2) is 7.17. The van der Waals surface area contributed by atoms with E-state index >= 15 is 0 Å². The lowest BCUT2D eigenvalue weighted by Crippen LogP contribution is -2.24. The normalized spacial score (nSPS) is 11.3. The van der Waals surface area contributed by atoms with Gasteiger partial charge in [0, 0.05) is 19.4 Å². The summed E-state index contributed by atoms with van der Waals surface area (Å²) in [4.78, 5) is 11.1. The zero-order valence-electron chi connectivity index (χ0n) is 12.2. The van der Waals surface area contributed by atoms with Crippen LogP contribution in [0, 0.1) is 0 Å². The number of aromatic nitrogens is 2. The average Bonchev–Trinajstić information content (AvgIpc) is 2.97. The number of hydrogen-bond acceptors (Lipinski definition) is 6. The molecule has 118 valence electrons. The maximum Gasteiger partial charge on any atom is 0.335 e. The molecule has 7 nitrogen and oxygen atoms in total. The van der Waals surface area contributed by atoms with Crippen molar-refractivity contribution in [1.29, 1.82) is 0 Å². The Balaban J connectivity index is 1.99. The lowest BCUT2D eigenvalue weighted by Gasteiger charge is -2.00. The van der Waals surface area contributed by atoms with Gasteiger partial charge in [-0.2, -0.15) is 0 Å². The van der Waals surface area contributed by atoms with Crippen LogP contribution in [0.1, 0.15) is 24.8 Å². The Morgan fingerprint density at radius 2 is 1.95 bits per heavy atom. The van der Waals surface area contributed by atoms with Gasteiger partial charge in [0.2, 0.25) is 21.6 Å². The number of carbonyl (C=O) groups is 1. The fourth-order valence-corrected chi connectivity index (χ4v) is 2.90. The van der Waals surface area contributed by atoms with Crippen LogP contribution in [0.2, 0.25) is 0 Å². The molecule has 0 saturated heterocycles. The number of rotatable bonds is 7. The summed E-state index contributed by atoms with van der Waals surface area (Å²) in [5.74, 6) is -0.0957. The third-order valence-electron chi connectivity index (χ3n) is 2.90. The summed E-state index contributed by atoms with van der Waals surface area (Å²) in [6, 6.07) is 8.77. The molecule has 0 unspecified atom stereocenters. The number of amides is 1. The molecule has 0 fully saturated rings. The fraction of sp³-hybridized carbons (Fsp3) is 0.357. The number of hydrogen-bond donors (Lipinski definition) is 1. The minimum absolute atomic E-state index is 0.0866. The van der Waals surface area contributed by atoms with Gasteiger partial charge in [-0.1, -0.05) is 42.4 Å². The number of nitrogens with zero attached hydrogens (tertiary/aromatic N) is 2. The summed E-state index contributed by atoms with van der Waals surface area (Å²) >= 11 is 0. The predicted octanol–water partition coefficient (Wildman–Crippen LogP) is 1.11. The van der Waals surface area contributed by atoms with Crippen molar-refractivity contribution in [3.63, 3.8) is 0 Å². The van der Waals surface area contributed by atoms with E-state index in [2.05, 4.69) is 15.5 Å². The molecule has 1 aromatic heterocycles. The van der Waals surface area contributed by atoms with Crippen LogP contribution in [0.3, 0.4) is 0 Å². The SMILES string of the molecule is CCC(=O)NCCc1nnc(S(=O)(=O)Cc2ccccc2)o1. The van der Waals surface area contributed by atoms with E-state index in [9.17, 15) is 13.2 Å². The van der Waals surface area contributed by atoms with Gasteiger partial charge in [0.15, 0.2) is 0 Å². The predicted molar refractivity (Wildman–Crippen MR) is 78.6 cm³/mol. The Morgan fingerprint density at radius 1 is 1.23 bits per heavy atom. The number of nitrogens with one attached hydrogen (secondary N) is 1. The van der Waals surface area contributed by atoms with Gasteiger partial charge in [0.1, 0.15) is 0 Å². The summed E-state index contributed by atoms with van der Waals surface area (Å²) in [5, 5.41) is 9.54. The maximum absolute atomic E-state index is 12.2. The highest BCUT2D eigenvalue weighted by Gasteiger charge is 2.22. The molecule has 1 heterocycles. The van der Waals surface area contributed by atoms with Crippen molar-refractivity contribution in [2.45, 2.75) is 30.7 Å². The zero-order chi connectivity index (χ0) is 16.0. The van der Waals surface area contributed by atoms with E-state index in [4.69, 9.17) is 4.42 Å². The molecule has 0 saturated carbocycles. The molecule has 2 aromatic rings. The second-order valence-corrected chi connectivity index (χ2v) is 6.53. The minimum Gasteiger partial charge on any atom is -0.412 e. The van der Waals surface area contributed by atoms with Gasteiger partial charge >= 0.3 is 5.22 Å². The van der Waals surface area contributed by atoms with Crippen LogP contribution in [0.15, 0.2) is 40.0 Å². The molecule has 0 atom stereocenters. The molecule has 22 heavy (non-hydrogen) atoms. The average molecular weight is 323 g/mol. The second-order valence-electron chi connectivity index (χ2n) is 4.66. The Bertz CT molecular complexity index is 726. The van der Waals surface area contributed by atoms with Crippen molar-refractivity contribution in [3.8, 4) is 0 Å². The van der Waals surface area contributed by atoms with Crippen molar-refractivity contribution in [2.24, 2.45) is 0 Å². The van der Waals surface area contributed by atoms with Gasteiger partial charge in [0.05, 0.1) is 5.75 Å². The molecule has 1 N–H and O–H groups in total. The molecule has 0 aliphatic rings. The van der Waals surface area contributed by atoms with Gasteiger partial charge in [-0.3, -0.25) is 4.79 Å². The first-order chi connectivity index (χ1) is 10.5. The Morgan fingerprint density at radius 3 is 2.64 bits per heavy atom. The molecule has 0 aliphatic heterocycles. The monoisotopic (exact) mass is 323 g/mol. The van der Waals surface area contributed by atoms with Crippen LogP contribution in [0.5, 0.6) is 0 Å². The van der Waals surface area contributed by atoms with Crippen LogP contribution in [-0.4, -0.2) is 31.1 Å². The molecule has 1 aromatic carbocycles. The van der Waals surface area contributed by atoms with Crippen molar-refractivity contribution < 1.29 is 17.6 Å². The van der Waals surface area contributed by atoms with E-state index in [0.29, 0.717) is 24.9 Å². The number of sulfone groups is 1. The van der Waals surface area contributed by atoms with E-state index in [0.717, 1.165) is 0 Å².